The SMILES string of the molecule is CCn1ccnc1CN1CC[C@]2(OC)CC[C@@H](Oc3ccccn3)C[C@H]12. The van der Waals surface area contributed by atoms with E-state index in [0.29, 0.717) is 11.9 Å². The Morgan fingerprint density at radius 2 is 2.15 bits per heavy atom. The molecule has 1 aliphatic carbocycles. The molecule has 140 valence electrons. The number of likely N-dealkylation sites (tertiary alicyclic amines) is 1. The van der Waals surface area contributed by atoms with Crippen LogP contribution in [0.3, 0.4) is 0 Å². The van der Waals surface area contributed by atoms with Crippen molar-refractivity contribution in [1.82, 2.24) is 19.4 Å². The van der Waals surface area contributed by atoms with Crippen LogP contribution < -0.4 is 4.74 Å². The number of hydrogen-bond acceptors (Lipinski definition) is 5. The fraction of sp³-hybridized carbons (Fsp3) is 0.600. The van der Waals surface area contributed by atoms with E-state index in [4.69, 9.17) is 9.47 Å². The smallest absolute Gasteiger partial charge is 0.213 e. The van der Waals surface area contributed by atoms with Gasteiger partial charge in [-0.1, -0.05) is 6.07 Å². The summed E-state index contributed by atoms with van der Waals surface area (Å²) < 4.78 is 14.5. The minimum absolute atomic E-state index is 0.0480. The minimum atomic E-state index is -0.0480. The second-order valence-electron chi connectivity index (χ2n) is 7.32. The number of hydrogen-bond donors (Lipinski definition) is 0. The monoisotopic (exact) mass is 356 g/mol. The molecule has 0 radical (unpaired) electrons. The summed E-state index contributed by atoms with van der Waals surface area (Å²) in [6, 6.07) is 6.18. The standard InChI is InChI=1S/C20H28N4O2/c1-3-23-13-11-21-18(23)15-24-12-9-20(25-2)8-7-16(14-17(20)24)26-19-6-4-5-10-22-19/h4-6,10-11,13,16-17H,3,7-9,12,14-15H2,1-2H3/t16-,17+,20-/m1/s1. The third-order valence-electron chi connectivity index (χ3n) is 6.06. The van der Waals surface area contributed by atoms with Crippen molar-refractivity contribution in [3.8, 4) is 5.88 Å². The van der Waals surface area contributed by atoms with Crippen molar-refractivity contribution >= 4 is 0 Å². The van der Waals surface area contributed by atoms with E-state index in [0.717, 1.165) is 51.1 Å². The van der Waals surface area contributed by atoms with Crippen molar-refractivity contribution in [2.24, 2.45) is 0 Å². The molecule has 4 rings (SSSR count). The summed E-state index contributed by atoms with van der Waals surface area (Å²) in [4.78, 5) is 11.4. The van der Waals surface area contributed by atoms with Crippen LogP contribution in [0.4, 0.5) is 0 Å². The molecule has 1 aliphatic heterocycles. The maximum atomic E-state index is 6.17. The Balaban J connectivity index is 1.49. The van der Waals surface area contributed by atoms with Crippen molar-refractivity contribution < 1.29 is 9.47 Å². The third kappa shape index (κ3) is 3.23. The average molecular weight is 356 g/mol. The highest BCUT2D eigenvalue weighted by molar-refractivity contribution is 5.12. The Morgan fingerprint density at radius 3 is 2.92 bits per heavy atom. The summed E-state index contributed by atoms with van der Waals surface area (Å²) in [6.07, 6.45) is 10.0. The number of imidazole rings is 1. The maximum absolute atomic E-state index is 6.17. The molecule has 2 aliphatic rings. The zero-order valence-electron chi connectivity index (χ0n) is 15.7. The maximum Gasteiger partial charge on any atom is 0.213 e. The number of ether oxygens (including phenoxy) is 2. The van der Waals surface area contributed by atoms with Crippen molar-refractivity contribution in [2.75, 3.05) is 13.7 Å². The fourth-order valence-electron chi connectivity index (χ4n) is 4.60. The van der Waals surface area contributed by atoms with Gasteiger partial charge in [-0.15, -0.1) is 0 Å². The van der Waals surface area contributed by atoms with Crippen LogP contribution in [-0.2, 0) is 17.8 Å². The van der Waals surface area contributed by atoms with Crippen molar-refractivity contribution in [2.45, 2.75) is 63.4 Å². The van der Waals surface area contributed by atoms with Gasteiger partial charge in [0, 0.05) is 57.3 Å². The fourth-order valence-corrected chi connectivity index (χ4v) is 4.60. The van der Waals surface area contributed by atoms with Gasteiger partial charge in [0.2, 0.25) is 5.88 Å². The Bertz CT molecular complexity index is 720. The predicted molar refractivity (Wildman–Crippen MR) is 99.0 cm³/mol. The van der Waals surface area contributed by atoms with E-state index in [1.807, 2.05) is 31.5 Å². The van der Waals surface area contributed by atoms with Gasteiger partial charge in [0.25, 0.3) is 0 Å². The van der Waals surface area contributed by atoms with Gasteiger partial charge in [-0.25, -0.2) is 9.97 Å². The first-order valence-electron chi connectivity index (χ1n) is 9.61. The van der Waals surface area contributed by atoms with E-state index in [9.17, 15) is 0 Å². The average Bonchev–Trinajstić information content (AvgIpc) is 3.28. The summed E-state index contributed by atoms with van der Waals surface area (Å²) >= 11 is 0. The number of fused-ring (bicyclic) bond motifs is 1. The molecule has 0 N–H and O–H groups in total. The molecule has 3 atom stereocenters. The molecule has 26 heavy (non-hydrogen) atoms. The van der Waals surface area contributed by atoms with Crippen LogP contribution in [0.15, 0.2) is 36.8 Å². The first-order chi connectivity index (χ1) is 12.7. The summed E-state index contributed by atoms with van der Waals surface area (Å²) in [7, 11) is 1.86. The second kappa shape index (κ2) is 7.37. The van der Waals surface area contributed by atoms with E-state index in [1.165, 1.54) is 0 Å². The molecule has 0 amide bonds. The molecule has 3 heterocycles. The number of pyridine rings is 1. The summed E-state index contributed by atoms with van der Waals surface area (Å²) in [5.74, 6) is 1.85. The number of nitrogens with zero attached hydrogens (tertiary/aromatic N) is 4. The van der Waals surface area contributed by atoms with E-state index in [2.05, 4.69) is 32.6 Å². The lowest BCUT2D eigenvalue weighted by Crippen LogP contribution is -2.52. The Kier molecular flexibility index (Phi) is 4.96. The van der Waals surface area contributed by atoms with Gasteiger partial charge in [0.05, 0.1) is 12.1 Å². The zero-order chi connectivity index (χ0) is 18.0. The van der Waals surface area contributed by atoms with Crippen LogP contribution in [-0.4, -0.2) is 50.8 Å². The summed E-state index contributed by atoms with van der Waals surface area (Å²) in [5, 5.41) is 0. The number of aryl methyl sites for hydroxylation is 1. The van der Waals surface area contributed by atoms with Gasteiger partial charge < -0.3 is 14.0 Å². The molecule has 2 aromatic heterocycles. The lowest BCUT2D eigenvalue weighted by atomic mass is 9.79. The minimum Gasteiger partial charge on any atom is -0.474 e. The van der Waals surface area contributed by atoms with E-state index in [1.54, 1.807) is 6.20 Å². The second-order valence-corrected chi connectivity index (χ2v) is 7.32. The molecule has 2 aromatic rings. The molecule has 6 heteroatoms. The van der Waals surface area contributed by atoms with Crippen LogP contribution in [0.2, 0.25) is 0 Å². The molecular formula is C20H28N4O2. The largest absolute Gasteiger partial charge is 0.474 e. The Morgan fingerprint density at radius 1 is 1.23 bits per heavy atom. The van der Waals surface area contributed by atoms with Crippen LogP contribution >= 0.6 is 0 Å². The number of rotatable bonds is 6. The predicted octanol–water partition coefficient (Wildman–Crippen LogP) is 2.89. The highest BCUT2D eigenvalue weighted by Gasteiger charge is 2.51. The van der Waals surface area contributed by atoms with Crippen LogP contribution in [0, 0.1) is 0 Å². The summed E-state index contributed by atoms with van der Waals surface area (Å²) in [5.41, 5.74) is -0.0480. The molecule has 1 saturated heterocycles. The van der Waals surface area contributed by atoms with Gasteiger partial charge in [0.1, 0.15) is 11.9 Å². The molecular weight excluding hydrogens is 328 g/mol. The van der Waals surface area contributed by atoms with E-state index >= 15 is 0 Å². The normalized spacial score (nSPS) is 28.8. The van der Waals surface area contributed by atoms with Crippen molar-refractivity contribution in [3.05, 3.63) is 42.6 Å². The van der Waals surface area contributed by atoms with Crippen LogP contribution in [0.25, 0.3) is 0 Å². The first-order valence-corrected chi connectivity index (χ1v) is 9.61. The third-order valence-corrected chi connectivity index (χ3v) is 6.06. The highest BCUT2D eigenvalue weighted by Crippen LogP contribution is 2.43. The van der Waals surface area contributed by atoms with Crippen molar-refractivity contribution in [3.63, 3.8) is 0 Å². The molecule has 1 saturated carbocycles. The molecule has 0 spiro atoms. The topological polar surface area (TPSA) is 52.4 Å². The Hall–Kier alpha value is -1.92. The lowest BCUT2D eigenvalue weighted by molar-refractivity contribution is -0.0846. The Labute approximate surface area is 155 Å². The van der Waals surface area contributed by atoms with E-state index < -0.39 is 0 Å². The van der Waals surface area contributed by atoms with Gasteiger partial charge >= 0.3 is 0 Å². The van der Waals surface area contributed by atoms with Gasteiger partial charge in [-0.05, 0) is 32.3 Å². The van der Waals surface area contributed by atoms with Crippen LogP contribution in [0.5, 0.6) is 5.88 Å². The zero-order valence-corrected chi connectivity index (χ0v) is 15.7. The molecule has 0 unspecified atom stereocenters. The highest BCUT2D eigenvalue weighted by atomic mass is 16.5. The van der Waals surface area contributed by atoms with E-state index in [-0.39, 0.29) is 11.7 Å². The summed E-state index contributed by atoms with van der Waals surface area (Å²) in [6.45, 7) is 5.03. The number of methoxy groups -OCH3 is 1. The lowest BCUT2D eigenvalue weighted by Gasteiger charge is -2.43. The van der Waals surface area contributed by atoms with Gasteiger partial charge in [-0.2, -0.15) is 0 Å². The van der Waals surface area contributed by atoms with Gasteiger partial charge in [-0.3, -0.25) is 4.90 Å². The molecule has 6 nitrogen and oxygen atoms in total. The number of aromatic nitrogens is 3. The van der Waals surface area contributed by atoms with Crippen molar-refractivity contribution in [1.29, 1.82) is 0 Å². The molecule has 0 bridgehead atoms. The first kappa shape index (κ1) is 17.5. The molecule has 0 aromatic carbocycles. The quantitative estimate of drug-likeness (QED) is 0.797. The molecule has 2 fully saturated rings. The van der Waals surface area contributed by atoms with Crippen LogP contribution in [0.1, 0.15) is 38.4 Å². The van der Waals surface area contributed by atoms with Gasteiger partial charge in [0.15, 0.2) is 0 Å².